The minimum absolute atomic E-state index is 0.270. The van der Waals surface area contributed by atoms with Crippen molar-refractivity contribution in [3.05, 3.63) is 40.8 Å². The maximum absolute atomic E-state index is 6.09. The molecule has 0 N–H and O–H groups in total. The third-order valence-corrected chi connectivity index (χ3v) is 5.50. The number of morpholine rings is 1. The molecule has 23 heavy (non-hydrogen) atoms. The second kappa shape index (κ2) is 6.95. The zero-order valence-electron chi connectivity index (χ0n) is 13.0. The van der Waals surface area contributed by atoms with Crippen molar-refractivity contribution in [2.24, 2.45) is 5.92 Å². The first-order valence-corrected chi connectivity index (χ1v) is 9.11. The molecular formula is C17H21N3O2S. The minimum atomic E-state index is 0.270. The predicted molar refractivity (Wildman–Crippen MR) is 88.5 cm³/mol. The average Bonchev–Trinajstić information content (AvgIpc) is 3.24. The third kappa shape index (κ3) is 3.39. The summed E-state index contributed by atoms with van der Waals surface area (Å²) in [5.41, 5.74) is 1.41. The van der Waals surface area contributed by atoms with Crippen LogP contribution < -0.4 is 4.74 Å². The standard InChI is InChI=1S/C17H21N3O2S/c1-5-18-17(19-6-1)22-11-14-2-3-15-16(14)21-8-7-20(15)10-13-4-9-23-12-13/h1,4-6,9,12,14-16H,2-3,7-8,10-11H2/t14-,15-,16+/m0/s1. The number of rotatable bonds is 5. The number of nitrogens with zero attached hydrogens (tertiary/aromatic N) is 3. The maximum atomic E-state index is 6.09. The fourth-order valence-electron chi connectivity index (χ4n) is 3.67. The number of ether oxygens (including phenoxy) is 2. The van der Waals surface area contributed by atoms with Gasteiger partial charge in [-0.05, 0) is 41.3 Å². The van der Waals surface area contributed by atoms with Gasteiger partial charge in [0.15, 0.2) is 0 Å². The molecule has 0 spiro atoms. The molecule has 1 saturated heterocycles. The van der Waals surface area contributed by atoms with Crippen LogP contribution in [0, 0.1) is 5.92 Å². The number of thiophene rings is 1. The number of hydrogen-bond acceptors (Lipinski definition) is 6. The Morgan fingerprint density at radius 2 is 2.22 bits per heavy atom. The summed E-state index contributed by atoms with van der Waals surface area (Å²) in [6.07, 6.45) is 6.01. The third-order valence-electron chi connectivity index (χ3n) is 4.77. The van der Waals surface area contributed by atoms with Crippen molar-refractivity contribution in [1.29, 1.82) is 0 Å². The molecule has 0 bridgehead atoms. The van der Waals surface area contributed by atoms with Crippen LogP contribution in [0.25, 0.3) is 0 Å². The fraction of sp³-hybridized carbons (Fsp3) is 0.529. The molecule has 3 atom stereocenters. The summed E-state index contributed by atoms with van der Waals surface area (Å²) in [5.74, 6) is 0.425. The van der Waals surface area contributed by atoms with Crippen LogP contribution in [0.1, 0.15) is 18.4 Å². The lowest BCUT2D eigenvalue weighted by Crippen LogP contribution is -2.50. The van der Waals surface area contributed by atoms with Crippen molar-refractivity contribution in [3.8, 4) is 6.01 Å². The summed E-state index contributed by atoms with van der Waals surface area (Å²) < 4.78 is 11.9. The molecule has 3 heterocycles. The molecule has 0 radical (unpaired) electrons. The summed E-state index contributed by atoms with van der Waals surface area (Å²) in [4.78, 5) is 10.8. The Morgan fingerprint density at radius 3 is 3.04 bits per heavy atom. The van der Waals surface area contributed by atoms with Gasteiger partial charge >= 0.3 is 6.01 Å². The molecule has 2 aromatic rings. The van der Waals surface area contributed by atoms with Crippen LogP contribution in [0.5, 0.6) is 6.01 Å². The van der Waals surface area contributed by atoms with Gasteiger partial charge in [0, 0.05) is 37.4 Å². The molecule has 6 heteroatoms. The topological polar surface area (TPSA) is 47.5 Å². The van der Waals surface area contributed by atoms with Crippen LogP contribution in [-0.2, 0) is 11.3 Å². The van der Waals surface area contributed by atoms with Crippen LogP contribution >= 0.6 is 11.3 Å². The normalized spacial score (nSPS) is 27.7. The Bertz CT molecular complexity index is 608. The highest BCUT2D eigenvalue weighted by molar-refractivity contribution is 7.07. The first-order chi connectivity index (χ1) is 11.4. The van der Waals surface area contributed by atoms with Crippen molar-refractivity contribution < 1.29 is 9.47 Å². The van der Waals surface area contributed by atoms with Crippen LogP contribution in [0.2, 0.25) is 0 Å². The molecule has 2 aromatic heterocycles. The molecule has 4 rings (SSSR count). The summed E-state index contributed by atoms with van der Waals surface area (Å²) in [7, 11) is 0. The minimum Gasteiger partial charge on any atom is -0.463 e. The van der Waals surface area contributed by atoms with Crippen LogP contribution in [0.4, 0.5) is 0 Å². The summed E-state index contributed by atoms with van der Waals surface area (Å²) in [6.45, 7) is 3.50. The van der Waals surface area contributed by atoms with Gasteiger partial charge < -0.3 is 9.47 Å². The van der Waals surface area contributed by atoms with E-state index >= 15 is 0 Å². The van der Waals surface area contributed by atoms with E-state index in [9.17, 15) is 0 Å². The Kier molecular flexibility index (Phi) is 4.55. The van der Waals surface area contributed by atoms with Gasteiger partial charge in [-0.1, -0.05) is 0 Å². The fourth-order valence-corrected chi connectivity index (χ4v) is 4.33. The van der Waals surface area contributed by atoms with Crippen molar-refractivity contribution in [2.75, 3.05) is 19.8 Å². The van der Waals surface area contributed by atoms with E-state index in [1.807, 2.05) is 0 Å². The lowest BCUT2D eigenvalue weighted by molar-refractivity contribution is -0.0819. The van der Waals surface area contributed by atoms with Crippen molar-refractivity contribution >= 4 is 11.3 Å². The second-order valence-corrected chi connectivity index (χ2v) is 6.96. The van der Waals surface area contributed by atoms with Gasteiger partial charge in [0.25, 0.3) is 0 Å². The molecule has 2 aliphatic rings. The zero-order valence-corrected chi connectivity index (χ0v) is 13.8. The molecular weight excluding hydrogens is 310 g/mol. The van der Waals surface area contributed by atoms with Gasteiger partial charge in [-0.3, -0.25) is 4.90 Å². The van der Waals surface area contributed by atoms with E-state index in [1.165, 1.54) is 12.0 Å². The smallest absolute Gasteiger partial charge is 0.316 e. The van der Waals surface area contributed by atoms with Crippen LogP contribution in [0.3, 0.4) is 0 Å². The summed E-state index contributed by atoms with van der Waals surface area (Å²) in [6, 6.07) is 4.98. The van der Waals surface area contributed by atoms with E-state index in [-0.39, 0.29) is 6.10 Å². The van der Waals surface area contributed by atoms with Crippen molar-refractivity contribution in [2.45, 2.75) is 31.5 Å². The van der Waals surface area contributed by atoms with Gasteiger partial charge in [-0.15, -0.1) is 0 Å². The van der Waals surface area contributed by atoms with Gasteiger partial charge in [-0.2, -0.15) is 11.3 Å². The highest BCUT2D eigenvalue weighted by Gasteiger charge is 2.42. The van der Waals surface area contributed by atoms with E-state index in [0.717, 1.165) is 26.1 Å². The number of aromatic nitrogens is 2. The first-order valence-electron chi connectivity index (χ1n) is 8.17. The Labute approximate surface area is 140 Å². The summed E-state index contributed by atoms with van der Waals surface area (Å²) in [5, 5.41) is 4.39. The second-order valence-electron chi connectivity index (χ2n) is 6.18. The van der Waals surface area contributed by atoms with Gasteiger partial charge in [-0.25, -0.2) is 9.97 Å². The van der Waals surface area contributed by atoms with E-state index in [2.05, 4.69) is 31.7 Å². The molecule has 5 nitrogen and oxygen atoms in total. The molecule has 1 saturated carbocycles. The molecule has 0 amide bonds. The van der Waals surface area contributed by atoms with Crippen molar-refractivity contribution in [3.63, 3.8) is 0 Å². The number of hydrogen-bond donors (Lipinski definition) is 0. The highest BCUT2D eigenvalue weighted by Crippen LogP contribution is 2.35. The van der Waals surface area contributed by atoms with E-state index in [0.29, 0.717) is 24.6 Å². The zero-order chi connectivity index (χ0) is 15.5. The number of fused-ring (bicyclic) bond motifs is 1. The highest BCUT2D eigenvalue weighted by atomic mass is 32.1. The molecule has 122 valence electrons. The molecule has 1 aliphatic heterocycles. The Hall–Kier alpha value is -1.50. The van der Waals surface area contributed by atoms with Gasteiger partial charge in [0.2, 0.25) is 0 Å². The van der Waals surface area contributed by atoms with Crippen LogP contribution in [-0.4, -0.2) is 46.8 Å². The van der Waals surface area contributed by atoms with E-state index < -0.39 is 0 Å². The quantitative estimate of drug-likeness (QED) is 0.843. The lowest BCUT2D eigenvalue weighted by Gasteiger charge is -2.39. The van der Waals surface area contributed by atoms with Crippen molar-refractivity contribution in [1.82, 2.24) is 14.9 Å². The predicted octanol–water partition coefficient (Wildman–Crippen LogP) is 2.60. The molecule has 2 fully saturated rings. The lowest BCUT2D eigenvalue weighted by atomic mass is 10.0. The molecule has 1 aliphatic carbocycles. The van der Waals surface area contributed by atoms with E-state index in [1.54, 1.807) is 29.8 Å². The Morgan fingerprint density at radius 1 is 1.30 bits per heavy atom. The van der Waals surface area contributed by atoms with Gasteiger partial charge in [0.05, 0.1) is 19.3 Å². The monoisotopic (exact) mass is 331 g/mol. The maximum Gasteiger partial charge on any atom is 0.316 e. The SMILES string of the molecule is c1cnc(OC[C@@H]2CC[C@H]3[C@@H]2OCCN3Cc2ccsc2)nc1. The van der Waals surface area contributed by atoms with Gasteiger partial charge in [0.1, 0.15) is 0 Å². The average molecular weight is 331 g/mol. The molecule has 0 unspecified atom stereocenters. The molecule has 0 aromatic carbocycles. The largest absolute Gasteiger partial charge is 0.463 e. The first kappa shape index (κ1) is 15.1. The Balaban J connectivity index is 1.37. The van der Waals surface area contributed by atoms with Crippen LogP contribution in [0.15, 0.2) is 35.3 Å². The van der Waals surface area contributed by atoms with E-state index in [4.69, 9.17) is 9.47 Å². The summed E-state index contributed by atoms with van der Waals surface area (Å²) >= 11 is 1.77.